The van der Waals surface area contributed by atoms with E-state index in [2.05, 4.69) is 110 Å². The number of carbonyl (C=O) groups is 18. The molecule has 2 aromatic carbocycles. The molecule has 2 aliphatic heterocycles. The molecule has 44 nitrogen and oxygen atoms in total. The summed E-state index contributed by atoms with van der Waals surface area (Å²) in [6, 6.07) is 0.374. The maximum Gasteiger partial charge on any atom is 0.305 e. The molecule has 0 radical (unpaired) electrons. The van der Waals surface area contributed by atoms with E-state index in [-0.39, 0.29) is 125 Å². The van der Waals surface area contributed by atoms with Gasteiger partial charge in [-0.1, -0.05) is 58.0 Å². The molecule has 0 bridgehead atoms. The van der Waals surface area contributed by atoms with Gasteiger partial charge in [0.2, 0.25) is 94.5 Å². The number of H-pyrrole nitrogens is 2. The molecule has 0 spiro atoms. The Hall–Kier alpha value is -12.1. The largest absolute Gasteiger partial charge is 0.481 e. The maximum atomic E-state index is 14.5. The van der Waals surface area contributed by atoms with Gasteiger partial charge in [-0.3, -0.25) is 97.1 Å². The number of carbonyl (C=O) groups excluding carboxylic acids is 16. The van der Waals surface area contributed by atoms with Crippen LogP contribution in [0.3, 0.4) is 0 Å². The highest BCUT2D eigenvalue weighted by atomic mass is 33.1. The van der Waals surface area contributed by atoms with Crippen LogP contribution in [0.5, 0.6) is 0 Å². The Balaban J connectivity index is 0.957. The second-order valence-corrected chi connectivity index (χ2v) is 31.8. The number of para-hydroxylation sites is 2. The van der Waals surface area contributed by atoms with Crippen molar-refractivity contribution in [3.8, 4) is 0 Å². The van der Waals surface area contributed by atoms with Crippen LogP contribution >= 0.6 is 46.8 Å². The number of primary amides is 2. The number of aromatic amines is 2. The molecule has 4 heterocycles. The minimum atomic E-state index is -1.84. The number of aromatic nitrogens is 2. The van der Waals surface area contributed by atoms with E-state index >= 15 is 0 Å². The van der Waals surface area contributed by atoms with Crippen molar-refractivity contribution in [3.05, 3.63) is 72.1 Å². The number of guanidine groups is 2. The molecule has 2 saturated heterocycles. The van der Waals surface area contributed by atoms with Crippen molar-refractivity contribution in [2.24, 2.45) is 22.9 Å². The molecule has 122 heavy (non-hydrogen) atoms. The Morgan fingerprint density at radius 1 is 0.434 bits per heavy atom. The molecule has 16 amide bonds. The number of unbranched alkanes of at least 4 members (excludes halogenated alkanes) is 2. The fourth-order valence-corrected chi connectivity index (χ4v) is 15.6. The first-order chi connectivity index (χ1) is 58.2. The van der Waals surface area contributed by atoms with Gasteiger partial charge in [-0.2, -0.15) is 25.3 Å². The van der Waals surface area contributed by atoms with Crippen molar-refractivity contribution in [1.29, 1.82) is 10.8 Å². The van der Waals surface area contributed by atoms with Crippen molar-refractivity contribution in [2.45, 2.75) is 163 Å². The predicted octanol–water partition coefficient (Wildman–Crippen LogP) is -5.99. The smallest absolute Gasteiger partial charge is 0.305 e. The molecule has 0 saturated carbocycles. The number of thiol groups is 2. The van der Waals surface area contributed by atoms with Crippen LogP contribution < -0.4 is 97.4 Å². The number of fused-ring (bicyclic) bond motifs is 2. The summed E-state index contributed by atoms with van der Waals surface area (Å²) in [5, 5.41) is 70.6. The van der Waals surface area contributed by atoms with Crippen LogP contribution in [0.1, 0.15) is 101 Å². The van der Waals surface area contributed by atoms with Gasteiger partial charge in [0.25, 0.3) is 0 Å². The molecule has 4 aromatic rings. The molecule has 6 rings (SSSR count). The number of likely N-dealkylation sites (tertiary alicyclic amines) is 2. The van der Waals surface area contributed by atoms with E-state index in [4.69, 9.17) is 33.8 Å². The summed E-state index contributed by atoms with van der Waals surface area (Å²) >= 11 is 8.16. The number of rotatable bonds is 53. The van der Waals surface area contributed by atoms with Crippen molar-refractivity contribution < 1.29 is 96.5 Å². The highest BCUT2D eigenvalue weighted by Gasteiger charge is 2.43. The highest BCUT2D eigenvalue weighted by molar-refractivity contribution is 8.76. The van der Waals surface area contributed by atoms with E-state index in [1.165, 1.54) is 31.4 Å². The summed E-state index contributed by atoms with van der Waals surface area (Å²) in [4.78, 5) is 248. The van der Waals surface area contributed by atoms with Crippen molar-refractivity contribution in [3.63, 3.8) is 0 Å². The monoisotopic (exact) mass is 1780 g/mol. The van der Waals surface area contributed by atoms with Gasteiger partial charge in [0, 0.05) is 109 Å². The predicted molar refractivity (Wildman–Crippen MR) is 453 cm³/mol. The van der Waals surface area contributed by atoms with Gasteiger partial charge in [-0.15, -0.1) is 0 Å². The van der Waals surface area contributed by atoms with Crippen molar-refractivity contribution in [2.75, 3.05) is 75.4 Å². The fourth-order valence-electron chi connectivity index (χ4n) is 13.1. The zero-order chi connectivity index (χ0) is 89.5. The van der Waals surface area contributed by atoms with Crippen LogP contribution in [0.4, 0.5) is 0 Å². The molecular formula is C74H106N24O20S4. The molecule has 28 N–H and O–H groups in total. The number of hydrogen-bond acceptors (Lipinski definition) is 24. The summed E-state index contributed by atoms with van der Waals surface area (Å²) < 4.78 is 0. The minimum Gasteiger partial charge on any atom is -0.481 e. The number of benzene rings is 2. The molecule has 2 fully saturated rings. The Morgan fingerprint density at radius 3 is 1.13 bits per heavy atom. The highest BCUT2D eigenvalue weighted by Crippen LogP contribution is 2.27. The minimum absolute atomic E-state index is 0.0392. The van der Waals surface area contributed by atoms with Crippen LogP contribution in [0.2, 0.25) is 0 Å². The maximum absolute atomic E-state index is 14.5. The average Bonchev–Trinajstić information content (AvgIpc) is 1.62. The summed E-state index contributed by atoms with van der Waals surface area (Å²) in [5.41, 5.74) is 24.1. The summed E-state index contributed by atoms with van der Waals surface area (Å²) in [6.45, 7) is -2.37. The third kappa shape index (κ3) is 33.1. The molecule has 2 aliphatic rings. The molecular weight excluding hydrogens is 1670 g/mol. The number of aliphatic carboxylic acids is 2. The zero-order valence-corrected chi connectivity index (χ0v) is 69.9. The lowest BCUT2D eigenvalue weighted by atomic mass is 10.0. The quantitative estimate of drug-likeness (QED) is 0.00643. The van der Waals surface area contributed by atoms with Gasteiger partial charge >= 0.3 is 11.9 Å². The molecule has 0 aliphatic carbocycles. The van der Waals surface area contributed by atoms with Crippen molar-refractivity contribution >= 4 is 187 Å². The molecule has 0 unspecified atom stereocenters. The first-order valence-corrected chi connectivity index (χ1v) is 42.7. The molecule has 48 heteroatoms. The van der Waals surface area contributed by atoms with Crippen LogP contribution in [-0.2, 0) is 99.1 Å². The SMILES string of the molecule is N=C(N)NCCCC[C@H](NC(=O)CNC(=O)CCSSCCC(=O)NCC(=O)N[C@@H](CCCCNC(=N)N)C(=O)NCC(=O)N[C@@H](CC(=O)O)C(=O)N[C@@H](Cc1c[nH]c2ccccc12)C(=O)N1CCC[C@H]1C(=O)N[C@@H](CS)C(N)=O)C(=O)NCC(=O)N[C@@H](CC(=O)O)C(=O)N[C@@H](Cc1c[nH]c2ccccc12)C(=O)N1CCC[C@H]1C(=O)N[C@@H](CS)C(N)=O. The van der Waals surface area contributed by atoms with Gasteiger partial charge in [0.1, 0.15) is 60.4 Å². The number of carboxylic acid groups (broad SMARTS) is 2. The van der Waals surface area contributed by atoms with Crippen molar-refractivity contribution in [1.82, 2.24) is 94.2 Å². The van der Waals surface area contributed by atoms with Gasteiger partial charge in [-0.05, 0) is 87.5 Å². The Morgan fingerprint density at radius 2 is 0.787 bits per heavy atom. The molecule has 10 atom stereocenters. The second-order valence-electron chi connectivity index (χ2n) is 28.4. The first-order valence-electron chi connectivity index (χ1n) is 39.0. The summed E-state index contributed by atoms with van der Waals surface area (Å²) in [6.07, 6.45) is 2.86. The third-order valence-corrected chi connectivity index (χ3v) is 22.4. The second kappa shape index (κ2) is 50.9. The zero-order valence-electron chi connectivity index (χ0n) is 66.5. The Kier molecular flexibility index (Phi) is 41.2. The summed E-state index contributed by atoms with van der Waals surface area (Å²) in [7, 11) is 2.40. The molecule has 2 aromatic heterocycles. The van der Waals surface area contributed by atoms with Crippen LogP contribution in [0.15, 0.2) is 60.9 Å². The van der Waals surface area contributed by atoms with Gasteiger partial charge in [0.15, 0.2) is 11.9 Å². The van der Waals surface area contributed by atoms with E-state index in [0.29, 0.717) is 58.6 Å². The van der Waals surface area contributed by atoms with Crippen LogP contribution in [0.25, 0.3) is 21.8 Å². The number of nitrogens with two attached hydrogens (primary N) is 4. The van der Waals surface area contributed by atoms with Crippen LogP contribution in [0, 0.1) is 10.8 Å². The fraction of sp³-hybridized carbons (Fsp3) is 0.514. The lowest BCUT2D eigenvalue weighted by molar-refractivity contribution is -0.143. The van der Waals surface area contributed by atoms with Crippen LogP contribution in [-0.4, -0.2) is 284 Å². The lowest BCUT2D eigenvalue weighted by Gasteiger charge is -2.30. The van der Waals surface area contributed by atoms with Gasteiger partial charge in [-0.25, -0.2) is 0 Å². The topological polar surface area (TPSA) is 706 Å². The van der Waals surface area contributed by atoms with E-state index in [1.807, 2.05) is 0 Å². The van der Waals surface area contributed by atoms with E-state index in [1.54, 1.807) is 60.9 Å². The third-order valence-electron chi connectivity index (χ3n) is 19.3. The normalized spacial score (nSPS) is 15.5. The number of nitrogens with zero attached hydrogens (tertiary/aromatic N) is 2. The standard InChI is InChI=1S/C74H106N24O20S4/c75-63(109)51(37-119)95-69(115)53-17-9-23-97(53)71(117)49(27-39-31-83-43-13-3-1-11-41(39)43)93-67(113)47(29-61(105)106)91-59(103)35-87-65(111)45(15-5-7-21-81-73(77)78)89-57(101)33-85-55(99)19-25-121-122-26-20-56(100)86-34-58(102)90-46(16-6-8-22-82-74(79)80)66(112)88-36-60(104)92-48(30-62(107)108)68(114)94-50(28-40-32-84-44-14-4-2-12-42(40)44)72(118)98-24-10-18-54(98)70(116)96-52(38-120)64(76)110/h1-4,11-14,31-32,45-54,83-84,119-120H,5-10,15-30,33-38H2,(H2,75,109)(H2,76,110)(H,85,99)(H,86,100)(H,87,111)(H,88,112)(H,89,101)(H,90,102)(H,91,103)(H,92,104)(H,93,113)(H,94,114)(H,95,115)(H,96,116)(H,105,106)(H,107,108)(H4,77,78,81)(H4,79,80,82)/t45-,46-,47-,48-,49-,50-,51-,52-,53-,54-/m0/s1. The number of carboxylic acids is 2. The number of nitrogens with one attached hydrogen (secondary N) is 18. The first kappa shape index (κ1) is 98.7. The van der Waals surface area contributed by atoms with Gasteiger partial charge < -0.3 is 127 Å². The van der Waals surface area contributed by atoms with Gasteiger partial charge in [0.05, 0.1) is 39.0 Å². The lowest BCUT2D eigenvalue weighted by Crippen LogP contribution is -2.59. The average molecular weight is 1780 g/mol. The number of amides is 16. The van der Waals surface area contributed by atoms with E-state index in [0.717, 1.165) is 0 Å². The Labute approximate surface area is 718 Å². The van der Waals surface area contributed by atoms with E-state index < -0.39 is 206 Å². The number of hydrogen-bond donors (Lipinski definition) is 26. The summed E-state index contributed by atoms with van der Waals surface area (Å²) in [5.74, 6) is -17.1. The Bertz CT molecular complexity index is 4170. The van der Waals surface area contributed by atoms with E-state index in [9.17, 15) is 96.5 Å². The molecule has 666 valence electrons.